The number of benzene rings is 6. The van der Waals surface area contributed by atoms with Gasteiger partial charge in [0.25, 0.3) is 11.8 Å². The fourth-order valence-electron chi connectivity index (χ4n) is 8.49. The van der Waals surface area contributed by atoms with E-state index in [0.29, 0.717) is 55.6 Å². The number of nitrogens with one attached hydrogen (secondary N) is 3. The van der Waals surface area contributed by atoms with Crippen molar-refractivity contribution >= 4 is 89.4 Å². The van der Waals surface area contributed by atoms with Crippen molar-refractivity contribution in [2.75, 3.05) is 5.32 Å². The average Bonchev–Trinajstić information content (AvgIpc) is 4.07. The number of thiazole rings is 2. The van der Waals surface area contributed by atoms with Crippen molar-refractivity contribution in [1.82, 2.24) is 20.3 Å². The third kappa shape index (κ3) is 8.28. The molecule has 0 unspecified atom stereocenters. The number of aromatic amines is 1. The Kier molecular flexibility index (Phi) is 12.1. The van der Waals surface area contributed by atoms with Crippen molar-refractivity contribution in [2.45, 2.75) is 41.5 Å². The van der Waals surface area contributed by atoms with Gasteiger partial charge in [-0.15, -0.1) is 22.7 Å². The summed E-state index contributed by atoms with van der Waals surface area (Å²) >= 11 is 3.09. The van der Waals surface area contributed by atoms with Crippen molar-refractivity contribution in [2.24, 2.45) is 9.98 Å². The largest absolute Gasteiger partial charge is 0.325 e. The van der Waals surface area contributed by atoms with E-state index in [9.17, 15) is 9.59 Å². The first kappa shape index (κ1) is 44.2. The van der Waals surface area contributed by atoms with Gasteiger partial charge < -0.3 is 15.6 Å². The molecule has 4 heterocycles. The maximum Gasteiger partial charge on any atom is 0.257 e. The van der Waals surface area contributed by atoms with E-state index in [1.54, 1.807) is 11.3 Å². The third-order valence-corrected chi connectivity index (χ3v) is 13.8. The third-order valence-electron chi connectivity index (χ3n) is 11.7. The minimum Gasteiger partial charge on any atom is -0.325 e. The Morgan fingerprint density at radius 1 is 0.545 bits per heavy atom. The van der Waals surface area contributed by atoms with E-state index in [-0.39, 0.29) is 31.3 Å². The molecular weight excluding hydrogens is 908 g/mol. The molecule has 3 N–H and O–H groups in total. The molecule has 9 aromatic rings. The van der Waals surface area contributed by atoms with Crippen LogP contribution in [-0.2, 0) is 19.5 Å². The Morgan fingerprint density at radius 3 is 1.64 bits per heavy atom. The second kappa shape index (κ2) is 18.1. The van der Waals surface area contributed by atoms with Crippen LogP contribution < -0.4 is 10.6 Å². The Hall–Kier alpha value is -6.98. The fourth-order valence-corrected chi connectivity index (χ4v) is 10.5. The molecular formula is C54H43N7O2S2Zn. The molecule has 12 heteroatoms. The molecule has 1 aliphatic rings. The summed E-state index contributed by atoms with van der Waals surface area (Å²) in [5.74, 6) is 1.05. The van der Waals surface area contributed by atoms with Crippen LogP contribution in [0, 0.1) is 41.5 Å². The number of carbonyl (C=O) groups excluding carboxylic acids is 2. The average molecular weight is 952 g/mol. The first-order valence-electron chi connectivity index (χ1n) is 21.3. The normalized spacial score (nSPS) is 13.1. The number of aromatic nitrogens is 3. The number of hydrogen-bond donors (Lipinski definition) is 3. The van der Waals surface area contributed by atoms with Gasteiger partial charge in [0, 0.05) is 41.7 Å². The van der Waals surface area contributed by atoms with Gasteiger partial charge >= 0.3 is 0 Å². The summed E-state index contributed by atoms with van der Waals surface area (Å²) in [4.78, 5) is 53.3. The van der Waals surface area contributed by atoms with Crippen molar-refractivity contribution in [3.05, 3.63) is 189 Å². The number of H-pyrrole nitrogens is 1. The molecule has 0 saturated heterocycles. The van der Waals surface area contributed by atoms with Crippen LogP contribution in [0.3, 0.4) is 0 Å². The minimum atomic E-state index is -0.295. The number of fused-ring (bicyclic) bond motifs is 2. The Balaban J connectivity index is 0.00000548. The second-order valence-corrected chi connectivity index (χ2v) is 18.5. The van der Waals surface area contributed by atoms with Crippen LogP contribution in [-0.4, -0.2) is 38.4 Å². The zero-order valence-corrected chi connectivity index (χ0v) is 41.9. The standard InChI is InChI=1S/C54H43N7O2S2.Zn/c1-29-23-25-35(33(5)27-29)43-45(53-55-39-19-11-13-21-41(39)64-53)49(60-51(62)37-17-9-7-15-31(37)3)58-47(43)57-48-44(36-26-24-30(2)28-34(36)6)46(54-56-40-20-12-14-22-42(40)65-54)50(59-48)61-52(63)38-18-10-8-16-32(38)4;/h7-28,58H,1-6H3,(H,60,62)(H,57,59,61,63);. The van der Waals surface area contributed by atoms with Crippen molar-refractivity contribution < 1.29 is 29.1 Å². The van der Waals surface area contributed by atoms with Gasteiger partial charge in [-0.2, -0.15) is 0 Å². The van der Waals surface area contributed by atoms with Crippen molar-refractivity contribution in [3.63, 3.8) is 0 Å². The monoisotopic (exact) mass is 949 g/mol. The van der Waals surface area contributed by atoms with E-state index in [0.717, 1.165) is 76.1 Å². The number of para-hydroxylation sites is 2. The van der Waals surface area contributed by atoms with E-state index in [1.165, 1.54) is 11.3 Å². The number of aliphatic imine (C=N–C) groups is 2. The zero-order chi connectivity index (χ0) is 44.9. The molecule has 0 aliphatic carbocycles. The molecule has 0 spiro atoms. The molecule has 0 radical (unpaired) electrons. The van der Waals surface area contributed by atoms with Crippen LogP contribution in [0.4, 0.5) is 11.6 Å². The van der Waals surface area contributed by atoms with Crippen molar-refractivity contribution in [3.8, 4) is 21.7 Å². The second-order valence-electron chi connectivity index (χ2n) is 16.4. The van der Waals surface area contributed by atoms with Gasteiger partial charge in [0.15, 0.2) is 5.84 Å². The first-order valence-corrected chi connectivity index (χ1v) is 22.9. The van der Waals surface area contributed by atoms with E-state index >= 15 is 0 Å². The van der Waals surface area contributed by atoms with Crippen LogP contribution >= 0.6 is 22.7 Å². The van der Waals surface area contributed by atoms with Crippen LogP contribution in [0.2, 0.25) is 0 Å². The zero-order valence-electron chi connectivity index (χ0n) is 37.3. The van der Waals surface area contributed by atoms with E-state index in [1.807, 2.05) is 105 Å². The number of aryl methyl sites for hydroxylation is 6. The topological polar surface area (TPSA) is 124 Å². The van der Waals surface area contributed by atoms with Crippen LogP contribution in [0.5, 0.6) is 0 Å². The molecule has 0 saturated carbocycles. The number of amides is 2. The van der Waals surface area contributed by atoms with Crippen LogP contribution in [0.25, 0.3) is 53.3 Å². The molecule has 2 amide bonds. The Morgan fingerprint density at radius 2 is 1.06 bits per heavy atom. The van der Waals surface area contributed by atoms with Gasteiger partial charge in [-0.05, 0) is 111 Å². The SMILES string of the molecule is Cc1ccc(C2=C(c3nc4ccccc4s3)C(NC(=O)c3ccccc3C)=N/C2=N\c2[nH]c(NC(=O)c3ccccc3C)c(-c3nc4ccccc4s3)c2-c2ccc(C)cc2C)c(C)c1.[Zn]. The molecule has 6 aromatic carbocycles. The van der Waals surface area contributed by atoms with Crippen molar-refractivity contribution in [1.29, 1.82) is 0 Å². The summed E-state index contributed by atoms with van der Waals surface area (Å²) in [5.41, 5.74) is 13.3. The van der Waals surface area contributed by atoms with E-state index < -0.39 is 0 Å². The molecule has 0 fully saturated rings. The molecule has 1 aliphatic heterocycles. The van der Waals surface area contributed by atoms with Crippen LogP contribution in [0.1, 0.15) is 64.7 Å². The fraction of sp³-hybridized carbons (Fsp3) is 0.111. The Labute approximate surface area is 403 Å². The smallest absolute Gasteiger partial charge is 0.257 e. The van der Waals surface area contributed by atoms with Gasteiger partial charge in [-0.1, -0.05) is 108 Å². The molecule has 320 valence electrons. The van der Waals surface area contributed by atoms with Gasteiger partial charge in [-0.3, -0.25) is 9.59 Å². The molecule has 66 heavy (non-hydrogen) atoms. The predicted octanol–water partition coefficient (Wildman–Crippen LogP) is 13.2. The molecule has 9 nitrogen and oxygen atoms in total. The van der Waals surface area contributed by atoms with Gasteiger partial charge in [-0.25, -0.2) is 20.0 Å². The summed E-state index contributed by atoms with van der Waals surface area (Å²) < 4.78 is 2.01. The number of carbonyl (C=O) groups is 2. The number of hydrogen-bond acceptors (Lipinski definition) is 7. The number of anilines is 1. The van der Waals surface area contributed by atoms with Gasteiger partial charge in [0.1, 0.15) is 27.5 Å². The molecule has 10 rings (SSSR count). The summed E-state index contributed by atoms with van der Waals surface area (Å²) in [6, 6.07) is 43.7. The first-order chi connectivity index (χ1) is 31.5. The van der Waals surface area contributed by atoms with E-state index in [4.69, 9.17) is 20.0 Å². The summed E-state index contributed by atoms with van der Waals surface area (Å²) in [5, 5.41) is 7.87. The molecule has 3 aromatic heterocycles. The quantitative estimate of drug-likeness (QED) is 0.131. The number of rotatable bonds is 8. The number of amidine groups is 2. The maximum absolute atomic E-state index is 14.3. The van der Waals surface area contributed by atoms with Gasteiger partial charge in [0.05, 0.1) is 31.6 Å². The summed E-state index contributed by atoms with van der Waals surface area (Å²) in [6.07, 6.45) is 0. The molecule has 0 atom stereocenters. The van der Waals surface area contributed by atoms with Crippen LogP contribution in [0.15, 0.2) is 143 Å². The predicted molar refractivity (Wildman–Crippen MR) is 269 cm³/mol. The van der Waals surface area contributed by atoms with E-state index in [2.05, 4.69) is 85.8 Å². The summed E-state index contributed by atoms with van der Waals surface area (Å²) in [6.45, 7) is 12.1. The van der Waals surface area contributed by atoms with Gasteiger partial charge in [0.2, 0.25) is 0 Å². The maximum atomic E-state index is 14.3. The summed E-state index contributed by atoms with van der Waals surface area (Å²) in [7, 11) is 0. The molecule has 0 bridgehead atoms. The number of nitrogens with zero attached hydrogens (tertiary/aromatic N) is 4. The minimum absolute atomic E-state index is 0. The Bertz CT molecular complexity index is 3450.